The Morgan fingerprint density at radius 3 is 3.17 bits per heavy atom. The van der Waals surface area contributed by atoms with Crippen LogP contribution in [0.5, 0.6) is 0 Å². The van der Waals surface area contributed by atoms with E-state index in [1.54, 1.807) is 11.3 Å². The lowest BCUT2D eigenvalue weighted by atomic mass is 9.95. The summed E-state index contributed by atoms with van der Waals surface area (Å²) in [4.78, 5) is 20.2. The number of benzene rings is 1. The van der Waals surface area contributed by atoms with Crippen molar-refractivity contribution in [2.45, 2.75) is 12.8 Å². The Balaban J connectivity index is 1.86. The third kappa shape index (κ3) is 2.31. The molecule has 1 aromatic carbocycles. The van der Waals surface area contributed by atoms with E-state index in [1.807, 2.05) is 24.4 Å². The van der Waals surface area contributed by atoms with Crippen molar-refractivity contribution in [3.8, 4) is 0 Å². The highest BCUT2D eigenvalue weighted by atomic mass is 35.5. The van der Waals surface area contributed by atoms with Crippen molar-refractivity contribution in [2.75, 3.05) is 6.54 Å². The van der Waals surface area contributed by atoms with E-state index in [1.165, 1.54) is 0 Å². The monoisotopic (exact) mass is 278 g/mol. The highest BCUT2D eigenvalue weighted by Crippen LogP contribution is 2.27. The molecule has 0 radical (unpaired) electrons. The molecule has 0 saturated heterocycles. The van der Waals surface area contributed by atoms with Crippen LogP contribution in [0.3, 0.4) is 0 Å². The van der Waals surface area contributed by atoms with Crippen LogP contribution in [0.4, 0.5) is 0 Å². The summed E-state index contributed by atoms with van der Waals surface area (Å²) in [5.74, 6) is 0.258. The SMILES string of the molecule is O=C1CN=CCC1Cc1nc2cc(Cl)ccc2s1. The Labute approximate surface area is 114 Å². The van der Waals surface area contributed by atoms with Gasteiger partial charge in [-0.15, -0.1) is 11.3 Å². The van der Waals surface area contributed by atoms with E-state index < -0.39 is 0 Å². The fourth-order valence-corrected chi connectivity index (χ4v) is 3.25. The molecule has 0 bridgehead atoms. The Morgan fingerprint density at radius 1 is 1.44 bits per heavy atom. The van der Waals surface area contributed by atoms with Gasteiger partial charge in [0.15, 0.2) is 5.78 Å². The second-order valence-corrected chi connectivity index (χ2v) is 5.90. The molecule has 1 aliphatic heterocycles. The molecule has 92 valence electrons. The summed E-state index contributed by atoms with van der Waals surface area (Å²) in [7, 11) is 0. The van der Waals surface area contributed by atoms with Gasteiger partial charge in [-0.25, -0.2) is 4.98 Å². The zero-order valence-corrected chi connectivity index (χ0v) is 11.2. The van der Waals surface area contributed by atoms with E-state index in [0.717, 1.165) is 21.6 Å². The highest BCUT2D eigenvalue weighted by Gasteiger charge is 2.21. The molecule has 1 aliphatic rings. The van der Waals surface area contributed by atoms with Crippen LogP contribution in [0.2, 0.25) is 5.02 Å². The van der Waals surface area contributed by atoms with E-state index in [-0.39, 0.29) is 11.7 Å². The largest absolute Gasteiger partial charge is 0.297 e. The Bertz CT molecular complexity index is 635. The molecule has 0 amide bonds. The molecule has 5 heteroatoms. The van der Waals surface area contributed by atoms with Gasteiger partial charge >= 0.3 is 0 Å². The predicted molar refractivity (Wildman–Crippen MR) is 74.8 cm³/mol. The van der Waals surface area contributed by atoms with Gasteiger partial charge in [0, 0.05) is 17.4 Å². The van der Waals surface area contributed by atoms with Crippen molar-refractivity contribution in [1.82, 2.24) is 4.98 Å². The standard InChI is InChI=1S/C13H11ClN2OS/c14-9-1-2-12-10(6-9)16-13(18-12)5-8-3-4-15-7-11(8)17/h1-2,4,6,8H,3,5,7H2. The molecule has 0 N–H and O–H groups in total. The zero-order chi connectivity index (χ0) is 12.5. The van der Waals surface area contributed by atoms with Crippen LogP contribution in [0.1, 0.15) is 11.4 Å². The van der Waals surface area contributed by atoms with Crippen molar-refractivity contribution in [3.63, 3.8) is 0 Å². The van der Waals surface area contributed by atoms with Crippen LogP contribution in [-0.2, 0) is 11.2 Å². The summed E-state index contributed by atoms with van der Waals surface area (Å²) in [5, 5.41) is 1.70. The number of Topliss-reactive ketones (excluding diaryl/α,β-unsaturated/α-hetero) is 1. The maximum absolute atomic E-state index is 11.7. The number of carbonyl (C=O) groups excluding carboxylic acids is 1. The van der Waals surface area contributed by atoms with Crippen LogP contribution in [-0.4, -0.2) is 23.5 Å². The quantitative estimate of drug-likeness (QED) is 0.847. The molecule has 0 spiro atoms. The lowest BCUT2D eigenvalue weighted by Crippen LogP contribution is -2.23. The van der Waals surface area contributed by atoms with E-state index in [4.69, 9.17) is 11.6 Å². The van der Waals surface area contributed by atoms with Gasteiger partial charge in [0.2, 0.25) is 0 Å². The van der Waals surface area contributed by atoms with Crippen molar-refractivity contribution in [2.24, 2.45) is 10.9 Å². The van der Waals surface area contributed by atoms with Crippen LogP contribution >= 0.6 is 22.9 Å². The molecule has 18 heavy (non-hydrogen) atoms. The molecular weight excluding hydrogens is 268 g/mol. The van der Waals surface area contributed by atoms with Crippen molar-refractivity contribution < 1.29 is 4.79 Å². The van der Waals surface area contributed by atoms with Gasteiger partial charge in [0.05, 0.1) is 21.8 Å². The number of hydrogen-bond acceptors (Lipinski definition) is 4. The molecule has 2 heterocycles. The lowest BCUT2D eigenvalue weighted by molar-refractivity contribution is -0.121. The Morgan fingerprint density at radius 2 is 2.33 bits per heavy atom. The molecule has 3 rings (SSSR count). The molecular formula is C13H11ClN2OS. The predicted octanol–water partition coefficient (Wildman–Crippen LogP) is 3.15. The van der Waals surface area contributed by atoms with Crippen molar-refractivity contribution >= 4 is 45.2 Å². The van der Waals surface area contributed by atoms with E-state index in [0.29, 0.717) is 18.0 Å². The minimum absolute atomic E-state index is 0.0403. The normalized spacial score (nSPS) is 19.6. The third-order valence-electron chi connectivity index (χ3n) is 3.04. The Hall–Kier alpha value is -1.26. The summed E-state index contributed by atoms with van der Waals surface area (Å²) in [5.41, 5.74) is 0.916. The van der Waals surface area contributed by atoms with Crippen LogP contribution in [0.25, 0.3) is 10.2 Å². The number of aromatic nitrogens is 1. The fraction of sp³-hybridized carbons (Fsp3) is 0.308. The first-order valence-corrected chi connectivity index (χ1v) is 6.98. The average Bonchev–Trinajstić information content (AvgIpc) is 2.73. The number of aliphatic imine (C=N–C) groups is 1. The molecule has 0 aliphatic carbocycles. The van der Waals surface area contributed by atoms with Gasteiger partial charge in [0.1, 0.15) is 0 Å². The summed E-state index contributed by atoms with van der Waals surface area (Å²) in [6, 6.07) is 5.70. The van der Waals surface area contributed by atoms with E-state index in [2.05, 4.69) is 9.98 Å². The molecule has 3 nitrogen and oxygen atoms in total. The van der Waals surface area contributed by atoms with Gasteiger partial charge in [-0.2, -0.15) is 0 Å². The first-order chi connectivity index (χ1) is 8.72. The van der Waals surface area contributed by atoms with Crippen molar-refractivity contribution in [3.05, 3.63) is 28.2 Å². The number of hydrogen-bond donors (Lipinski definition) is 0. The number of halogens is 1. The Kier molecular flexibility index (Phi) is 3.14. The smallest absolute Gasteiger partial charge is 0.158 e. The van der Waals surface area contributed by atoms with Gasteiger partial charge in [-0.3, -0.25) is 9.79 Å². The maximum Gasteiger partial charge on any atom is 0.158 e. The topological polar surface area (TPSA) is 42.3 Å². The minimum atomic E-state index is 0.0403. The number of nitrogens with zero attached hydrogens (tertiary/aromatic N) is 2. The van der Waals surface area contributed by atoms with Crippen LogP contribution in [0.15, 0.2) is 23.2 Å². The number of thiazole rings is 1. The fourth-order valence-electron chi connectivity index (χ4n) is 2.06. The molecule has 1 unspecified atom stereocenters. The third-order valence-corrected chi connectivity index (χ3v) is 4.33. The zero-order valence-electron chi connectivity index (χ0n) is 9.60. The molecule has 0 saturated carbocycles. The second-order valence-electron chi connectivity index (χ2n) is 4.35. The maximum atomic E-state index is 11.7. The summed E-state index contributed by atoms with van der Waals surface area (Å²) < 4.78 is 1.12. The summed E-state index contributed by atoms with van der Waals surface area (Å²) >= 11 is 7.57. The molecule has 0 fully saturated rings. The first kappa shape index (κ1) is 11.8. The summed E-state index contributed by atoms with van der Waals surface area (Å²) in [6.45, 7) is 0.321. The highest BCUT2D eigenvalue weighted by molar-refractivity contribution is 7.18. The van der Waals surface area contributed by atoms with E-state index in [9.17, 15) is 4.79 Å². The molecule has 1 aromatic heterocycles. The number of rotatable bonds is 2. The number of fused-ring (bicyclic) bond motifs is 1. The molecule has 2 aromatic rings. The molecule has 1 atom stereocenters. The minimum Gasteiger partial charge on any atom is -0.297 e. The van der Waals surface area contributed by atoms with Gasteiger partial charge < -0.3 is 0 Å². The van der Waals surface area contributed by atoms with Crippen LogP contribution < -0.4 is 0 Å². The number of ketones is 1. The van der Waals surface area contributed by atoms with Gasteiger partial charge in [-0.05, 0) is 30.8 Å². The first-order valence-electron chi connectivity index (χ1n) is 5.78. The summed E-state index contributed by atoms with van der Waals surface area (Å²) in [6.07, 6.45) is 3.29. The van der Waals surface area contributed by atoms with Gasteiger partial charge in [0.25, 0.3) is 0 Å². The second kappa shape index (κ2) is 4.78. The van der Waals surface area contributed by atoms with Crippen molar-refractivity contribution in [1.29, 1.82) is 0 Å². The lowest BCUT2D eigenvalue weighted by Gasteiger charge is -2.13. The number of carbonyl (C=O) groups is 1. The van der Waals surface area contributed by atoms with Gasteiger partial charge in [-0.1, -0.05) is 11.6 Å². The van der Waals surface area contributed by atoms with E-state index >= 15 is 0 Å². The average molecular weight is 279 g/mol. The van der Waals surface area contributed by atoms with Crippen LogP contribution in [0, 0.1) is 5.92 Å².